The highest BCUT2D eigenvalue weighted by Gasteiger charge is 2.11. The van der Waals surface area contributed by atoms with E-state index in [1.165, 1.54) is 6.92 Å². The quantitative estimate of drug-likeness (QED) is 0.628. The molecule has 0 radical (unpaired) electrons. The van der Waals surface area contributed by atoms with Gasteiger partial charge in [-0.1, -0.05) is 0 Å². The molecule has 0 amide bonds. The van der Waals surface area contributed by atoms with Gasteiger partial charge in [0.1, 0.15) is 5.75 Å². The lowest BCUT2D eigenvalue weighted by atomic mass is 10.2. The lowest BCUT2D eigenvalue weighted by Gasteiger charge is -2.09. The van der Waals surface area contributed by atoms with Gasteiger partial charge in [0.25, 0.3) is 0 Å². The Labute approximate surface area is 134 Å². The molecule has 0 saturated heterocycles. The van der Waals surface area contributed by atoms with Crippen LogP contribution in [0.15, 0.2) is 35.4 Å². The zero-order valence-corrected chi connectivity index (χ0v) is 13.1. The van der Waals surface area contributed by atoms with E-state index in [0.29, 0.717) is 11.7 Å². The Hall–Kier alpha value is -2.96. The first-order chi connectivity index (χ1) is 10.9. The van der Waals surface area contributed by atoms with Gasteiger partial charge in [-0.15, -0.1) is 0 Å². The highest BCUT2D eigenvalue weighted by molar-refractivity contribution is 5.80. The molecule has 0 bridgehead atoms. The van der Waals surface area contributed by atoms with Gasteiger partial charge in [0, 0.05) is 11.4 Å². The first-order valence-corrected chi connectivity index (χ1v) is 7.05. The summed E-state index contributed by atoms with van der Waals surface area (Å²) in [5.41, 5.74) is 5.34. The molecule has 0 saturated carbocycles. The van der Waals surface area contributed by atoms with Crippen molar-refractivity contribution in [1.82, 2.24) is 9.97 Å². The molecule has 1 atom stereocenters. The standard InChI is InChI=1S/C16H18N4O3/c1-10-8-11(2)19-16(18-10)20-17-9-13-4-6-14(7-5-13)23-12(3)15(21)22/h4-9,12H,1-3H3,(H,21,22)(H,18,19,20)/b17-9+/t12-/m1/s1. The van der Waals surface area contributed by atoms with E-state index in [1.54, 1.807) is 30.5 Å². The van der Waals surface area contributed by atoms with Crippen LogP contribution in [0.5, 0.6) is 5.75 Å². The van der Waals surface area contributed by atoms with Crippen molar-refractivity contribution in [2.75, 3.05) is 5.43 Å². The molecule has 0 aliphatic rings. The summed E-state index contributed by atoms with van der Waals surface area (Å²) in [6.07, 6.45) is 0.726. The predicted molar refractivity (Wildman–Crippen MR) is 86.9 cm³/mol. The third-order valence-electron chi connectivity index (χ3n) is 2.90. The van der Waals surface area contributed by atoms with E-state index in [2.05, 4.69) is 20.5 Å². The average molecular weight is 314 g/mol. The van der Waals surface area contributed by atoms with E-state index >= 15 is 0 Å². The average Bonchev–Trinajstić information content (AvgIpc) is 2.48. The fourth-order valence-corrected chi connectivity index (χ4v) is 1.83. The SMILES string of the molecule is Cc1cc(C)nc(N/N=C/c2ccc(O[C@H](C)C(=O)O)cc2)n1. The minimum absolute atomic E-state index is 0.439. The number of rotatable bonds is 6. The fraction of sp³-hybridized carbons (Fsp3) is 0.250. The van der Waals surface area contributed by atoms with Gasteiger partial charge in [-0.2, -0.15) is 5.10 Å². The monoisotopic (exact) mass is 314 g/mol. The van der Waals surface area contributed by atoms with Crippen LogP contribution in [0, 0.1) is 13.8 Å². The number of carboxylic acid groups (broad SMARTS) is 1. The van der Waals surface area contributed by atoms with Crippen molar-refractivity contribution < 1.29 is 14.6 Å². The third-order valence-corrected chi connectivity index (χ3v) is 2.90. The normalized spacial score (nSPS) is 12.1. The van der Waals surface area contributed by atoms with Crippen molar-refractivity contribution in [1.29, 1.82) is 0 Å². The number of carboxylic acids is 1. The van der Waals surface area contributed by atoms with Gasteiger partial charge in [-0.25, -0.2) is 20.2 Å². The summed E-state index contributed by atoms with van der Waals surface area (Å²) in [5.74, 6) is -0.0788. The number of hydrogen-bond acceptors (Lipinski definition) is 6. The van der Waals surface area contributed by atoms with Gasteiger partial charge in [-0.3, -0.25) is 0 Å². The number of nitrogens with zero attached hydrogens (tertiary/aromatic N) is 3. The van der Waals surface area contributed by atoms with E-state index in [0.717, 1.165) is 17.0 Å². The van der Waals surface area contributed by atoms with Gasteiger partial charge < -0.3 is 9.84 Å². The van der Waals surface area contributed by atoms with E-state index < -0.39 is 12.1 Å². The molecular weight excluding hydrogens is 296 g/mol. The molecule has 7 heteroatoms. The second-order valence-corrected chi connectivity index (χ2v) is 5.01. The minimum atomic E-state index is -1.01. The molecule has 0 aliphatic heterocycles. The smallest absolute Gasteiger partial charge is 0.344 e. The second kappa shape index (κ2) is 7.35. The fourth-order valence-electron chi connectivity index (χ4n) is 1.83. The largest absolute Gasteiger partial charge is 0.479 e. The zero-order valence-electron chi connectivity index (χ0n) is 13.1. The molecule has 0 unspecified atom stereocenters. The summed E-state index contributed by atoms with van der Waals surface area (Å²) in [5, 5.41) is 12.9. The molecular formula is C16H18N4O3. The summed E-state index contributed by atoms with van der Waals surface area (Å²) in [4.78, 5) is 19.2. The van der Waals surface area contributed by atoms with E-state index in [4.69, 9.17) is 9.84 Å². The number of ether oxygens (including phenoxy) is 1. The Balaban J connectivity index is 1.96. The van der Waals surface area contributed by atoms with Crippen LogP contribution >= 0.6 is 0 Å². The number of benzene rings is 1. The summed E-state index contributed by atoms with van der Waals surface area (Å²) >= 11 is 0. The van der Waals surface area contributed by atoms with Gasteiger partial charge in [0.15, 0.2) is 6.10 Å². The van der Waals surface area contributed by atoms with Gasteiger partial charge >= 0.3 is 5.97 Å². The number of aromatic nitrogens is 2. The Bertz CT molecular complexity index is 694. The number of nitrogens with one attached hydrogen (secondary N) is 1. The molecule has 2 rings (SSSR count). The Morgan fingerprint density at radius 1 is 1.26 bits per heavy atom. The van der Waals surface area contributed by atoms with Crippen LogP contribution in [0.3, 0.4) is 0 Å². The van der Waals surface area contributed by atoms with E-state index in [-0.39, 0.29) is 0 Å². The first-order valence-electron chi connectivity index (χ1n) is 7.05. The maximum Gasteiger partial charge on any atom is 0.344 e. The molecule has 2 aromatic rings. The molecule has 0 fully saturated rings. The van der Waals surface area contributed by atoms with Crippen LogP contribution in [-0.4, -0.2) is 33.4 Å². The van der Waals surface area contributed by atoms with Crippen LogP contribution in [0.1, 0.15) is 23.9 Å². The van der Waals surface area contributed by atoms with Gasteiger partial charge in [0.05, 0.1) is 6.21 Å². The van der Waals surface area contributed by atoms with Crippen LogP contribution in [-0.2, 0) is 4.79 Å². The molecule has 0 aliphatic carbocycles. The highest BCUT2D eigenvalue weighted by Crippen LogP contribution is 2.13. The maximum absolute atomic E-state index is 10.7. The molecule has 0 spiro atoms. The Morgan fingerprint density at radius 2 is 1.87 bits per heavy atom. The molecule has 2 N–H and O–H groups in total. The number of aryl methyl sites for hydroxylation is 2. The molecule has 7 nitrogen and oxygen atoms in total. The van der Waals surface area contributed by atoms with E-state index in [1.807, 2.05) is 19.9 Å². The lowest BCUT2D eigenvalue weighted by molar-refractivity contribution is -0.144. The van der Waals surface area contributed by atoms with Crippen molar-refractivity contribution in [3.05, 3.63) is 47.3 Å². The van der Waals surface area contributed by atoms with Crippen LogP contribution in [0.4, 0.5) is 5.95 Å². The number of carbonyl (C=O) groups is 1. The van der Waals surface area contributed by atoms with Crippen molar-refractivity contribution in [3.8, 4) is 5.75 Å². The Morgan fingerprint density at radius 3 is 2.43 bits per heavy atom. The topological polar surface area (TPSA) is 96.7 Å². The third kappa shape index (κ3) is 5.06. The number of aliphatic carboxylic acids is 1. The molecule has 23 heavy (non-hydrogen) atoms. The van der Waals surface area contributed by atoms with Crippen LogP contribution in [0.25, 0.3) is 0 Å². The van der Waals surface area contributed by atoms with Crippen LogP contribution in [0.2, 0.25) is 0 Å². The molecule has 120 valence electrons. The predicted octanol–water partition coefficient (Wildman–Crippen LogP) is 2.39. The zero-order chi connectivity index (χ0) is 16.8. The molecule has 1 aromatic carbocycles. The highest BCUT2D eigenvalue weighted by atomic mass is 16.5. The van der Waals surface area contributed by atoms with Gasteiger partial charge in [0.2, 0.25) is 5.95 Å². The number of hydrazone groups is 1. The van der Waals surface area contributed by atoms with Crippen molar-refractivity contribution in [3.63, 3.8) is 0 Å². The van der Waals surface area contributed by atoms with Crippen LogP contribution < -0.4 is 10.2 Å². The summed E-state index contributed by atoms with van der Waals surface area (Å²) in [6, 6.07) is 8.81. The molecule has 1 heterocycles. The maximum atomic E-state index is 10.7. The molecule has 1 aromatic heterocycles. The number of anilines is 1. The lowest BCUT2D eigenvalue weighted by Crippen LogP contribution is -2.22. The summed E-state index contributed by atoms with van der Waals surface area (Å²) in [6.45, 7) is 5.26. The first kappa shape index (κ1) is 16.4. The second-order valence-electron chi connectivity index (χ2n) is 5.01. The van der Waals surface area contributed by atoms with Crippen molar-refractivity contribution in [2.24, 2.45) is 5.10 Å². The van der Waals surface area contributed by atoms with Crippen molar-refractivity contribution in [2.45, 2.75) is 26.9 Å². The minimum Gasteiger partial charge on any atom is -0.479 e. The van der Waals surface area contributed by atoms with Crippen molar-refractivity contribution >= 4 is 18.1 Å². The number of hydrogen-bond donors (Lipinski definition) is 2. The Kier molecular flexibility index (Phi) is 5.24. The van der Waals surface area contributed by atoms with E-state index in [9.17, 15) is 4.79 Å². The van der Waals surface area contributed by atoms with Gasteiger partial charge in [-0.05, 0) is 56.7 Å². The summed E-state index contributed by atoms with van der Waals surface area (Å²) in [7, 11) is 0. The summed E-state index contributed by atoms with van der Waals surface area (Å²) < 4.78 is 5.25.